The number of nitrogens with zero attached hydrogens (tertiary/aromatic N) is 2. The van der Waals surface area contributed by atoms with Crippen LogP contribution >= 0.6 is 15.9 Å². The summed E-state index contributed by atoms with van der Waals surface area (Å²) in [6.07, 6.45) is 2.34. The second kappa shape index (κ2) is 5.33. The van der Waals surface area contributed by atoms with Gasteiger partial charge in [-0.05, 0) is 53.6 Å². The quantitative estimate of drug-likeness (QED) is 0.872. The van der Waals surface area contributed by atoms with Crippen molar-refractivity contribution in [3.8, 4) is 0 Å². The second-order valence-electron chi connectivity index (χ2n) is 5.90. The van der Waals surface area contributed by atoms with Gasteiger partial charge in [0.1, 0.15) is 0 Å². The van der Waals surface area contributed by atoms with Crippen LogP contribution in [0.1, 0.15) is 45.5 Å². The third-order valence-electron chi connectivity index (χ3n) is 4.09. The first-order valence-corrected chi connectivity index (χ1v) is 7.73. The van der Waals surface area contributed by atoms with Crippen molar-refractivity contribution in [2.75, 3.05) is 6.54 Å². The van der Waals surface area contributed by atoms with Crippen LogP contribution in [0.3, 0.4) is 0 Å². The SMILES string of the molecule is CCc1nn(CC)c(CNCC2CC2(C)C)c1Br. The van der Waals surface area contributed by atoms with Crippen LogP contribution in [0.15, 0.2) is 4.47 Å². The number of aromatic nitrogens is 2. The molecule has 1 aliphatic carbocycles. The molecule has 0 aliphatic heterocycles. The highest BCUT2D eigenvalue weighted by Gasteiger charge is 2.44. The minimum Gasteiger partial charge on any atom is -0.311 e. The Balaban J connectivity index is 1.94. The van der Waals surface area contributed by atoms with Crippen molar-refractivity contribution in [3.05, 3.63) is 15.9 Å². The number of hydrogen-bond acceptors (Lipinski definition) is 2. The predicted molar refractivity (Wildman–Crippen MR) is 78.6 cm³/mol. The highest BCUT2D eigenvalue weighted by atomic mass is 79.9. The van der Waals surface area contributed by atoms with E-state index in [1.54, 1.807) is 0 Å². The zero-order valence-corrected chi connectivity index (χ0v) is 13.5. The summed E-state index contributed by atoms with van der Waals surface area (Å²) < 4.78 is 3.29. The van der Waals surface area contributed by atoms with Gasteiger partial charge >= 0.3 is 0 Å². The predicted octanol–water partition coefficient (Wildman–Crippen LogP) is 3.36. The summed E-state index contributed by atoms with van der Waals surface area (Å²) in [6, 6.07) is 0. The van der Waals surface area contributed by atoms with Gasteiger partial charge in [-0.15, -0.1) is 0 Å². The molecule has 1 atom stereocenters. The summed E-state index contributed by atoms with van der Waals surface area (Å²) in [4.78, 5) is 0. The van der Waals surface area contributed by atoms with Crippen LogP contribution in [0.5, 0.6) is 0 Å². The van der Waals surface area contributed by atoms with E-state index in [0.717, 1.165) is 32.0 Å². The Kier molecular flexibility index (Phi) is 4.17. The first-order valence-electron chi connectivity index (χ1n) is 6.94. The van der Waals surface area contributed by atoms with Gasteiger partial charge in [-0.25, -0.2) is 0 Å². The van der Waals surface area contributed by atoms with Crippen LogP contribution in [0.4, 0.5) is 0 Å². The first-order chi connectivity index (χ1) is 8.49. The zero-order chi connectivity index (χ0) is 13.3. The smallest absolute Gasteiger partial charge is 0.0767 e. The number of hydrogen-bond donors (Lipinski definition) is 1. The molecule has 2 rings (SSSR count). The summed E-state index contributed by atoms with van der Waals surface area (Å²) in [5, 5.41) is 8.20. The zero-order valence-electron chi connectivity index (χ0n) is 11.9. The van der Waals surface area contributed by atoms with Crippen molar-refractivity contribution in [2.45, 2.75) is 53.6 Å². The number of aryl methyl sites for hydroxylation is 2. The average molecular weight is 314 g/mol. The molecule has 1 aromatic rings. The molecule has 1 unspecified atom stereocenters. The van der Waals surface area contributed by atoms with E-state index in [9.17, 15) is 0 Å². The third-order valence-corrected chi connectivity index (χ3v) is 5.01. The molecule has 102 valence electrons. The Labute approximate surface area is 118 Å². The lowest BCUT2D eigenvalue weighted by Gasteiger charge is -2.08. The van der Waals surface area contributed by atoms with Crippen LogP contribution < -0.4 is 5.32 Å². The molecule has 0 radical (unpaired) electrons. The third kappa shape index (κ3) is 2.80. The van der Waals surface area contributed by atoms with Gasteiger partial charge in [-0.3, -0.25) is 4.68 Å². The lowest BCUT2D eigenvalue weighted by atomic mass is 10.1. The highest BCUT2D eigenvalue weighted by molar-refractivity contribution is 9.10. The van der Waals surface area contributed by atoms with Crippen molar-refractivity contribution < 1.29 is 0 Å². The fourth-order valence-corrected chi connectivity index (χ4v) is 3.18. The summed E-state index contributed by atoms with van der Waals surface area (Å²) >= 11 is 3.69. The van der Waals surface area contributed by atoms with Gasteiger partial charge in [0.25, 0.3) is 0 Å². The second-order valence-corrected chi connectivity index (χ2v) is 6.69. The summed E-state index contributed by atoms with van der Waals surface area (Å²) in [5.74, 6) is 0.847. The molecule has 0 amide bonds. The van der Waals surface area contributed by atoms with Gasteiger partial charge in [-0.1, -0.05) is 20.8 Å². The first kappa shape index (κ1) is 14.1. The summed E-state index contributed by atoms with van der Waals surface area (Å²) in [7, 11) is 0. The fraction of sp³-hybridized carbons (Fsp3) is 0.786. The molecule has 0 spiro atoms. The summed E-state index contributed by atoms with van der Waals surface area (Å²) in [6.45, 7) is 12.0. The van der Waals surface area contributed by atoms with Crippen LogP contribution in [-0.2, 0) is 19.5 Å². The van der Waals surface area contributed by atoms with E-state index < -0.39 is 0 Å². The molecule has 1 heterocycles. The van der Waals surface area contributed by atoms with Crippen molar-refractivity contribution in [2.24, 2.45) is 11.3 Å². The maximum atomic E-state index is 4.62. The van der Waals surface area contributed by atoms with E-state index in [4.69, 9.17) is 0 Å². The lowest BCUT2D eigenvalue weighted by molar-refractivity contribution is 0.506. The number of halogens is 1. The molecule has 0 aromatic carbocycles. The lowest BCUT2D eigenvalue weighted by Crippen LogP contribution is -2.20. The van der Waals surface area contributed by atoms with Gasteiger partial charge in [0.05, 0.1) is 15.9 Å². The van der Waals surface area contributed by atoms with Crippen molar-refractivity contribution in [1.82, 2.24) is 15.1 Å². The number of nitrogens with one attached hydrogen (secondary N) is 1. The standard InChI is InChI=1S/C14H24BrN3/c1-5-11-13(15)12(18(6-2)17-11)9-16-8-10-7-14(10,3)4/h10,16H,5-9H2,1-4H3. The molecule has 3 nitrogen and oxygen atoms in total. The van der Waals surface area contributed by atoms with E-state index >= 15 is 0 Å². The highest BCUT2D eigenvalue weighted by Crippen LogP contribution is 2.51. The van der Waals surface area contributed by atoms with Gasteiger partial charge in [0.2, 0.25) is 0 Å². The van der Waals surface area contributed by atoms with Crippen LogP contribution in [0, 0.1) is 11.3 Å². The molecule has 1 aromatic heterocycles. The topological polar surface area (TPSA) is 29.9 Å². The van der Waals surface area contributed by atoms with Gasteiger partial charge in [0.15, 0.2) is 0 Å². The molecule has 1 N–H and O–H groups in total. The maximum Gasteiger partial charge on any atom is 0.0767 e. The Hall–Kier alpha value is -0.350. The molecule has 0 saturated heterocycles. The largest absolute Gasteiger partial charge is 0.311 e. The normalized spacial score (nSPS) is 21.3. The van der Waals surface area contributed by atoms with E-state index in [2.05, 4.69) is 58.7 Å². The average Bonchev–Trinajstić information content (AvgIpc) is 2.81. The van der Waals surface area contributed by atoms with Crippen LogP contribution in [0.2, 0.25) is 0 Å². The van der Waals surface area contributed by atoms with Crippen LogP contribution in [0.25, 0.3) is 0 Å². The van der Waals surface area contributed by atoms with Crippen molar-refractivity contribution in [3.63, 3.8) is 0 Å². The van der Waals surface area contributed by atoms with Crippen LogP contribution in [-0.4, -0.2) is 16.3 Å². The van der Waals surface area contributed by atoms with Crippen molar-refractivity contribution in [1.29, 1.82) is 0 Å². The van der Waals surface area contributed by atoms with E-state index in [1.165, 1.54) is 22.3 Å². The number of rotatable bonds is 6. The molecule has 1 fully saturated rings. The van der Waals surface area contributed by atoms with E-state index in [1.807, 2.05) is 0 Å². The van der Waals surface area contributed by atoms with E-state index in [-0.39, 0.29) is 0 Å². The van der Waals surface area contributed by atoms with E-state index in [0.29, 0.717) is 5.41 Å². The fourth-order valence-electron chi connectivity index (χ4n) is 2.48. The van der Waals surface area contributed by atoms with Crippen molar-refractivity contribution >= 4 is 15.9 Å². The molecule has 1 saturated carbocycles. The summed E-state index contributed by atoms with van der Waals surface area (Å²) in [5.41, 5.74) is 3.01. The molecule has 4 heteroatoms. The Morgan fingerprint density at radius 3 is 2.61 bits per heavy atom. The Morgan fingerprint density at radius 1 is 1.44 bits per heavy atom. The minimum atomic E-state index is 0.559. The Morgan fingerprint density at radius 2 is 2.11 bits per heavy atom. The minimum absolute atomic E-state index is 0.559. The molecular weight excluding hydrogens is 290 g/mol. The van der Waals surface area contributed by atoms with Gasteiger partial charge in [0, 0.05) is 13.1 Å². The maximum absolute atomic E-state index is 4.62. The van der Waals surface area contributed by atoms with Gasteiger partial charge in [-0.2, -0.15) is 5.10 Å². The molecule has 0 bridgehead atoms. The molecular formula is C14H24BrN3. The molecule has 18 heavy (non-hydrogen) atoms. The Bertz CT molecular complexity index is 423. The molecule has 1 aliphatic rings. The monoisotopic (exact) mass is 313 g/mol. The van der Waals surface area contributed by atoms with Gasteiger partial charge < -0.3 is 5.32 Å².